The van der Waals surface area contributed by atoms with Gasteiger partial charge in [0.05, 0.1) is 6.33 Å². The number of pyridine rings is 1. The number of aldehydes is 1. The van der Waals surface area contributed by atoms with Crippen molar-refractivity contribution in [3.8, 4) is 11.1 Å². The third kappa shape index (κ3) is 4.44. The van der Waals surface area contributed by atoms with Crippen LogP contribution in [0.4, 0.5) is 10.1 Å². The number of piperazine rings is 1. The molecule has 0 aliphatic carbocycles. The van der Waals surface area contributed by atoms with Crippen LogP contribution in [0.3, 0.4) is 0 Å². The molecule has 4 heterocycles. The molecule has 36 heavy (non-hydrogen) atoms. The first-order valence-electron chi connectivity index (χ1n) is 11.3. The lowest BCUT2D eigenvalue weighted by Gasteiger charge is -2.43. The van der Waals surface area contributed by atoms with Gasteiger partial charge in [0.2, 0.25) is 15.0 Å². The number of imidazole rings is 1. The van der Waals surface area contributed by atoms with E-state index in [4.69, 9.17) is 0 Å². The van der Waals surface area contributed by atoms with Crippen molar-refractivity contribution >= 4 is 33.0 Å². The quantitative estimate of drug-likeness (QED) is 0.285. The van der Waals surface area contributed by atoms with Crippen LogP contribution in [0.5, 0.6) is 0 Å². The normalized spacial score (nSPS) is 17.9. The molecule has 12 heteroatoms. The van der Waals surface area contributed by atoms with E-state index in [1.165, 1.54) is 24.5 Å². The molecule has 2 atom stereocenters. The molecule has 2 unspecified atom stereocenters. The number of anilines is 1. The fourth-order valence-corrected chi connectivity index (χ4v) is 5.10. The van der Waals surface area contributed by atoms with Gasteiger partial charge >= 0.3 is 0 Å². The van der Waals surface area contributed by atoms with Crippen LogP contribution in [0.25, 0.3) is 22.3 Å². The van der Waals surface area contributed by atoms with Gasteiger partial charge in [-0.1, -0.05) is 0 Å². The molecular weight excluding hydrogens is 485 g/mol. The maximum absolute atomic E-state index is 14.2. The van der Waals surface area contributed by atoms with Crippen molar-refractivity contribution < 1.29 is 17.6 Å². The molecule has 1 saturated heterocycles. The van der Waals surface area contributed by atoms with Crippen LogP contribution in [0.2, 0.25) is 0 Å². The standard InChI is InChI=1S/C24H24FN7O3S/c1-16-13-30(8-9-31(16)22(14-33)32-15-29-20-4-3-7-26-23(20)32)21-6-5-18(25)10-19(21)17-11-27-24(28-12-17)36(2,34)35/h3-7,10-12,14-16,22H,8-9,13H2,1-2H3. The Morgan fingerprint density at radius 3 is 2.58 bits per heavy atom. The molecule has 3 aromatic heterocycles. The Morgan fingerprint density at radius 1 is 1.11 bits per heavy atom. The molecule has 1 aromatic carbocycles. The summed E-state index contributed by atoms with van der Waals surface area (Å²) in [5.74, 6) is -0.423. The first-order valence-corrected chi connectivity index (χ1v) is 13.2. The number of carbonyl (C=O) groups excluding carboxylic acids is 1. The number of rotatable bonds is 6. The van der Waals surface area contributed by atoms with E-state index in [0.717, 1.165) is 23.7 Å². The second-order valence-corrected chi connectivity index (χ2v) is 10.7. The lowest BCUT2D eigenvalue weighted by Crippen LogP contribution is -2.54. The van der Waals surface area contributed by atoms with E-state index < -0.39 is 21.8 Å². The minimum atomic E-state index is -3.55. The number of halogens is 1. The molecule has 0 N–H and O–H groups in total. The van der Waals surface area contributed by atoms with Crippen LogP contribution in [0.15, 0.2) is 60.4 Å². The van der Waals surface area contributed by atoms with E-state index in [1.54, 1.807) is 29.2 Å². The van der Waals surface area contributed by atoms with Gasteiger partial charge < -0.3 is 4.90 Å². The Balaban J connectivity index is 1.42. The summed E-state index contributed by atoms with van der Waals surface area (Å²) in [7, 11) is -3.55. The molecule has 1 fully saturated rings. The predicted molar refractivity (Wildman–Crippen MR) is 132 cm³/mol. The summed E-state index contributed by atoms with van der Waals surface area (Å²) in [5.41, 5.74) is 3.20. The highest BCUT2D eigenvalue weighted by Gasteiger charge is 2.32. The van der Waals surface area contributed by atoms with E-state index >= 15 is 0 Å². The summed E-state index contributed by atoms with van der Waals surface area (Å²) in [4.78, 5) is 33.1. The van der Waals surface area contributed by atoms with Gasteiger partial charge in [-0.2, -0.15) is 0 Å². The Bertz CT molecular complexity index is 1520. The van der Waals surface area contributed by atoms with Crippen LogP contribution >= 0.6 is 0 Å². The molecular formula is C24H24FN7O3S. The smallest absolute Gasteiger partial charge is 0.246 e. The van der Waals surface area contributed by atoms with Crippen molar-refractivity contribution in [1.82, 2.24) is 29.4 Å². The zero-order valence-electron chi connectivity index (χ0n) is 19.7. The topological polar surface area (TPSA) is 114 Å². The van der Waals surface area contributed by atoms with Gasteiger partial charge in [-0.05, 0) is 37.3 Å². The average Bonchev–Trinajstić information content (AvgIpc) is 3.29. The summed E-state index contributed by atoms with van der Waals surface area (Å²) in [5, 5.41) is -0.284. The van der Waals surface area contributed by atoms with Gasteiger partial charge in [-0.25, -0.2) is 32.7 Å². The minimum Gasteiger partial charge on any atom is -0.368 e. The molecule has 0 bridgehead atoms. The molecule has 186 valence electrons. The predicted octanol–water partition coefficient (Wildman–Crippen LogP) is 2.34. The first kappa shape index (κ1) is 23.9. The molecule has 0 saturated carbocycles. The number of sulfone groups is 1. The van der Waals surface area contributed by atoms with Gasteiger partial charge in [0, 0.05) is 67.3 Å². The van der Waals surface area contributed by atoms with E-state index in [0.29, 0.717) is 36.4 Å². The second kappa shape index (κ2) is 9.36. The molecule has 10 nitrogen and oxygen atoms in total. The van der Waals surface area contributed by atoms with E-state index in [9.17, 15) is 17.6 Å². The SMILES string of the molecule is CC1CN(c2ccc(F)cc2-c2cnc(S(C)(=O)=O)nc2)CCN1C(C=O)n1cnc2cccnc21. The van der Waals surface area contributed by atoms with E-state index in [2.05, 4.69) is 29.7 Å². The lowest BCUT2D eigenvalue weighted by atomic mass is 10.0. The number of aromatic nitrogens is 5. The Morgan fingerprint density at radius 2 is 1.89 bits per heavy atom. The Labute approximate surface area is 207 Å². The van der Waals surface area contributed by atoms with E-state index in [-0.39, 0.29) is 11.2 Å². The van der Waals surface area contributed by atoms with E-state index in [1.807, 2.05) is 13.0 Å². The average molecular weight is 510 g/mol. The molecule has 0 spiro atoms. The first-order chi connectivity index (χ1) is 17.3. The number of fused-ring (bicyclic) bond motifs is 1. The summed E-state index contributed by atoms with van der Waals surface area (Å²) >= 11 is 0. The summed E-state index contributed by atoms with van der Waals surface area (Å²) in [6.45, 7) is 3.75. The highest BCUT2D eigenvalue weighted by atomic mass is 32.2. The van der Waals surface area contributed by atoms with Gasteiger partial charge in [0.25, 0.3) is 0 Å². The highest BCUT2D eigenvalue weighted by molar-refractivity contribution is 7.90. The Kier molecular flexibility index (Phi) is 6.22. The third-order valence-electron chi connectivity index (χ3n) is 6.33. The summed E-state index contributed by atoms with van der Waals surface area (Å²) in [6.07, 6.45) is 7.45. The number of hydrogen-bond donors (Lipinski definition) is 0. The zero-order valence-corrected chi connectivity index (χ0v) is 20.5. The van der Waals surface area contributed by atoms with Crippen LogP contribution < -0.4 is 4.90 Å². The molecule has 1 aliphatic rings. The zero-order chi connectivity index (χ0) is 25.4. The largest absolute Gasteiger partial charge is 0.368 e. The van der Waals surface area contributed by atoms with Crippen LogP contribution in [-0.2, 0) is 14.6 Å². The third-order valence-corrected chi connectivity index (χ3v) is 7.20. The minimum absolute atomic E-state index is 0.0307. The van der Waals surface area contributed by atoms with Crippen LogP contribution in [0, 0.1) is 5.82 Å². The maximum atomic E-state index is 14.2. The van der Waals surface area contributed by atoms with Gasteiger partial charge in [-0.15, -0.1) is 0 Å². The number of carbonyl (C=O) groups is 1. The number of nitrogens with zero attached hydrogens (tertiary/aromatic N) is 7. The van der Waals surface area contributed by atoms with Gasteiger partial charge in [0.1, 0.15) is 17.5 Å². The second-order valence-electron chi connectivity index (χ2n) is 8.77. The molecule has 1 aliphatic heterocycles. The number of hydrogen-bond acceptors (Lipinski definition) is 9. The fraction of sp³-hybridized carbons (Fsp3) is 0.292. The van der Waals surface area contributed by atoms with Crippen molar-refractivity contribution in [2.24, 2.45) is 0 Å². The van der Waals surface area contributed by atoms with Crippen molar-refractivity contribution in [2.45, 2.75) is 24.3 Å². The highest BCUT2D eigenvalue weighted by Crippen LogP contribution is 2.33. The van der Waals surface area contributed by atoms with Gasteiger partial charge in [0.15, 0.2) is 11.9 Å². The van der Waals surface area contributed by atoms with Crippen molar-refractivity contribution in [3.05, 3.63) is 61.1 Å². The summed E-state index contributed by atoms with van der Waals surface area (Å²) in [6, 6.07) is 8.10. The molecule has 5 rings (SSSR count). The summed E-state index contributed by atoms with van der Waals surface area (Å²) < 4.78 is 39.4. The maximum Gasteiger partial charge on any atom is 0.246 e. The fourth-order valence-electron chi connectivity index (χ4n) is 4.61. The van der Waals surface area contributed by atoms with Crippen LogP contribution in [0.1, 0.15) is 13.1 Å². The Hall–Kier alpha value is -3.77. The van der Waals surface area contributed by atoms with Gasteiger partial charge in [-0.3, -0.25) is 14.3 Å². The number of benzene rings is 1. The van der Waals surface area contributed by atoms with Crippen molar-refractivity contribution in [3.63, 3.8) is 0 Å². The lowest BCUT2D eigenvalue weighted by molar-refractivity contribution is -0.116. The molecule has 0 amide bonds. The molecule has 4 aromatic rings. The van der Waals surface area contributed by atoms with Crippen LogP contribution in [-0.4, -0.2) is 76.0 Å². The monoisotopic (exact) mass is 509 g/mol. The molecule has 0 radical (unpaired) electrons. The van der Waals surface area contributed by atoms with Crippen molar-refractivity contribution in [2.75, 3.05) is 30.8 Å². The van der Waals surface area contributed by atoms with Crippen molar-refractivity contribution in [1.29, 1.82) is 0 Å².